The number of nitrogens with one attached hydrogen (secondary N) is 1. The highest BCUT2D eigenvalue weighted by molar-refractivity contribution is 5.85. The van der Waals surface area contributed by atoms with E-state index < -0.39 is 0 Å². The van der Waals surface area contributed by atoms with Crippen molar-refractivity contribution >= 4 is 12.4 Å². The minimum absolute atomic E-state index is 0. The van der Waals surface area contributed by atoms with Crippen molar-refractivity contribution in [1.29, 1.82) is 0 Å². The maximum absolute atomic E-state index is 3.60. The minimum atomic E-state index is 0. The highest BCUT2D eigenvalue weighted by atomic mass is 35.5. The van der Waals surface area contributed by atoms with E-state index in [0.29, 0.717) is 0 Å². The molecule has 1 N–H and O–H groups in total. The molecule has 1 nitrogen and oxygen atoms in total. The van der Waals surface area contributed by atoms with Crippen molar-refractivity contribution in [3.8, 4) is 0 Å². The Morgan fingerprint density at radius 1 is 1.08 bits per heavy atom. The lowest BCUT2D eigenvalue weighted by atomic mass is 10.00. The van der Waals surface area contributed by atoms with Gasteiger partial charge in [0.25, 0.3) is 0 Å². The van der Waals surface area contributed by atoms with Crippen molar-refractivity contribution in [3.63, 3.8) is 0 Å². The fraction of sp³-hybridized carbons (Fsp3) is 1.00. The molecule has 0 fully saturated rings. The van der Waals surface area contributed by atoms with E-state index in [1.54, 1.807) is 0 Å². The molecule has 0 bridgehead atoms. The molecule has 0 rings (SSSR count). The highest BCUT2D eigenvalue weighted by Crippen LogP contribution is 2.09. The van der Waals surface area contributed by atoms with Crippen LogP contribution in [0.2, 0.25) is 0 Å². The Morgan fingerprint density at radius 3 is 2.08 bits per heavy atom. The summed E-state index contributed by atoms with van der Waals surface area (Å²) in [6.07, 6.45) is 5.21. The van der Waals surface area contributed by atoms with E-state index in [1.807, 2.05) is 0 Å². The molecule has 0 saturated heterocycles. The first kappa shape index (κ1) is 15.7. The zero-order valence-corrected chi connectivity index (χ0v) is 10.4. The van der Waals surface area contributed by atoms with Gasteiger partial charge in [-0.3, -0.25) is 0 Å². The fourth-order valence-electron chi connectivity index (χ4n) is 1.57. The van der Waals surface area contributed by atoms with Crippen molar-refractivity contribution < 1.29 is 0 Å². The summed E-state index contributed by atoms with van der Waals surface area (Å²) in [5.74, 6) is 0.825. The van der Waals surface area contributed by atoms with Gasteiger partial charge in [0.2, 0.25) is 0 Å². The molecule has 0 aliphatic rings. The van der Waals surface area contributed by atoms with Gasteiger partial charge in [-0.1, -0.05) is 34.1 Å². The quantitative estimate of drug-likeness (QED) is 0.673. The summed E-state index contributed by atoms with van der Waals surface area (Å²) in [5.41, 5.74) is 0. The first-order valence-electron chi connectivity index (χ1n) is 5.44. The Balaban J connectivity index is 0. The topological polar surface area (TPSA) is 12.0 Å². The SMILES string of the molecule is CCCNC(CCC)CC(C)C.Cl. The largest absolute Gasteiger partial charge is 0.314 e. The molecule has 0 aromatic rings. The number of hydrogen-bond donors (Lipinski definition) is 1. The third-order valence-corrected chi connectivity index (χ3v) is 2.08. The molecule has 1 unspecified atom stereocenters. The van der Waals surface area contributed by atoms with Gasteiger partial charge in [-0.25, -0.2) is 0 Å². The average molecular weight is 208 g/mol. The molecule has 0 aliphatic heterocycles. The molecular weight excluding hydrogens is 182 g/mol. The smallest absolute Gasteiger partial charge is 0.00693 e. The fourth-order valence-corrected chi connectivity index (χ4v) is 1.57. The van der Waals surface area contributed by atoms with Crippen LogP contribution in [-0.2, 0) is 0 Å². The van der Waals surface area contributed by atoms with E-state index in [0.717, 1.165) is 12.0 Å². The molecule has 0 aliphatic carbocycles. The molecule has 0 aromatic carbocycles. The molecule has 0 amide bonds. The Hall–Kier alpha value is 0.250. The third-order valence-electron chi connectivity index (χ3n) is 2.08. The van der Waals surface area contributed by atoms with Gasteiger partial charge in [0.15, 0.2) is 0 Å². The van der Waals surface area contributed by atoms with Crippen LogP contribution in [0.1, 0.15) is 53.4 Å². The molecule has 13 heavy (non-hydrogen) atoms. The summed E-state index contributed by atoms with van der Waals surface area (Å²) < 4.78 is 0. The predicted molar refractivity (Wildman–Crippen MR) is 63.7 cm³/mol. The van der Waals surface area contributed by atoms with Gasteiger partial charge in [-0.05, 0) is 31.7 Å². The van der Waals surface area contributed by atoms with E-state index in [1.165, 1.54) is 32.2 Å². The van der Waals surface area contributed by atoms with E-state index in [4.69, 9.17) is 0 Å². The highest BCUT2D eigenvalue weighted by Gasteiger charge is 2.07. The maximum Gasteiger partial charge on any atom is 0.00693 e. The number of halogens is 1. The van der Waals surface area contributed by atoms with E-state index in [2.05, 4.69) is 33.0 Å². The Morgan fingerprint density at radius 2 is 1.69 bits per heavy atom. The molecule has 2 heteroatoms. The number of rotatable bonds is 7. The summed E-state index contributed by atoms with van der Waals surface area (Å²) in [5, 5.41) is 3.60. The van der Waals surface area contributed by atoms with Crippen LogP contribution in [0, 0.1) is 5.92 Å². The zero-order valence-electron chi connectivity index (χ0n) is 9.60. The van der Waals surface area contributed by atoms with Gasteiger partial charge in [-0.15, -0.1) is 12.4 Å². The predicted octanol–water partition coefficient (Wildman–Crippen LogP) is 3.62. The standard InChI is InChI=1S/C11H25N.ClH/c1-5-7-11(9-10(3)4)12-8-6-2;/h10-12H,5-9H2,1-4H3;1H. The second-order valence-corrected chi connectivity index (χ2v) is 4.07. The summed E-state index contributed by atoms with van der Waals surface area (Å²) in [7, 11) is 0. The molecule has 0 aromatic heterocycles. The van der Waals surface area contributed by atoms with Crippen molar-refractivity contribution in [1.82, 2.24) is 5.32 Å². The molecule has 0 spiro atoms. The van der Waals surface area contributed by atoms with Crippen LogP contribution in [0.15, 0.2) is 0 Å². The van der Waals surface area contributed by atoms with Gasteiger partial charge in [0.05, 0.1) is 0 Å². The van der Waals surface area contributed by atoms with Crippen LogP contribution >= 0.6 is 12.4 Å². The van der Waals surface area contributed by atoms with Crippen molar-refractivity contribution in [2.75, 3.05) is 6.54 Å². The molecule has 0 radical (unpaired) electrons. The summed E-state index contributed by atoms with van der Waals surface area (Å²) in [4.78, 5) is 0. The lowest BCUT2D eigenvalue weighted by Gasteiger charge is -2.19. The third kappa shape index (κ3) is 10.2. The van der Waals surface area contributed by atoms with Gasteiger partial charge >= 0.3 is 0 Å². The zero-order chi connectivity index (χ0) is 9.40. The van der Waals surface area contributed by atoms with Crippen LogP contribution in [0.3, 0.4) is 0 Å². The van der Waals surface area contributed by atoms with Crippen LogP contribution in [0.4, 0.5) is 0 Å². The van der Waals surface area contributed by atoms with Gasteiger partial charge in [-0.2, -0.15) is 0 Å². The van der Waals surface area contributed by atoms with Gasteiger partial charge < -0.3 is 5.32 Å². The molecule has 0 heterocycles. The van der Waals surface area contributed by atoms with Crippen LogP contribution < -0.4 is 5.32 Å². The van der Waals surface area contributed by atoms with Crippen LogP contribution in [0.5, 0.6) is 0 Å². The van der Waals surface area contributed by atoms with E-state index in [-0.39, 0.29) is 12.4 Å². The molecule has 0 saturated carbocycles. The van der Waals surface area contributed by atoms with E-state index in [9.17, 15) is 0 Å². The van der Waals surface area contributed by atoms with Crippen molar-refractivity contribution in [2.45, 2.75) is 59.4 Å². The first-order valence-corrected chi connectivity index (χ1v) is 5.44. The second kappa shape index (κ2) is 10.3. The molecular formula is C11H26ClN. The van der Waals surface area contributed by atoms with Crippen LogP contribution in [-0.4, -0.2) is 12.6 Å². The lowest BCUT2D eigenvalue weighted by Crippen LogP contribution is -2.30. The van der Waals surface area contributed by atoms with Crippen LogP contribution in [0.25, 0.3) is 0 Å². The van der Waals surface area contributed by atoms with Gasteiger partial charge in [0, 0.05) is 6.04 Å². The summed E-state index contributed by atoms with van der Waals surface area (Å²) >= 11 is 0. The lowest BCUT2D eigenvalue weighted by molar-refractivity contribution is 0.396. The monoisotopic (exact) mass is 207 g/mol. The molecule has 82 valence electrons. The maximum atomic E-state index is 3.60. The Bertz CT molecular complexity index is 94.1. The number of hydrogen-bond acceptors (Lipinski definition) is 1. The average Bonchev–Trinajstić information content (AvgIpc) is 2.00. The Kier molecular flexibility index (Phi) is 12.5. The van der Waals surface area contributed by atoms with Crippen molar-refractivity contribution in [2.24, 2.45) is 5.92 Å². The summed E-state index contributed by atoms with van der Waals surface area (Å²) in [6.45, 7) is 10.3. The second-order valence-electron chi connectivity index (χ2n) is 4.07. The van der Waals surface area contributed by atoms with Gasteiger partial charge in [0.1, 0.15) is 0 Å². The summed E-state index contributed by atoms with van der Waals surface area (Å²) in [6, 6.07) is 0.759. The van der Waals surface area contributed by atoms with E-state index >= 15 is 0 Å². The Labute approximate surface area is 90.1 Å². The minimum Gasteiger partial charge on any atom is -0.314 e. The van der Waals surface area contributed by atoms with Crippen molar-refractivity contribution in [3.05, 3.63) is 0 Å². The molecule has 1 atom stereocenters. The first-order chi connectivity index (χ1) is 5.70. The normalized spacial score (nSPS) is 12.7.